The number of hydrogen-bond acceptors (Lipinski definition) is 8. The van der Waals surface area contributed by atoms with Crippen LogP contribution in [0.3, 0.4) is 0 Å². The molecule has 1 fully saturated rings. The van der Waals surface area contributed by atoms with Gasteiger partial charge in [0.2, 0.25) is 0 Å². The molecule has 1 heterocycles. The average Bonchev–Trinajstić information content (AvgIpc) is 2.62. The van der Waals surface area contributed by atoms with Gasteiger partial charge in [0.15, 0.2) is 0 Å². The molecular weight excluding hydrogens is 330 g/mol. The summed E-state index contributed by atoms with van der Waals surface area (Å²) in [6.45, 7) is 5.12. The molecule has 0 aromatic rings. The fourth-order valence-electron chi connectivity index (χ4n) is 2.32. The Morgan fingerprint density at radius 2 is 1.36 bits per heavy atom. The molecule has 0 unspecified atom stereocenters. The van der Waals surface area contributed by atoms with Crippen LogP contribution < -0.4 is 11.1 Å². The Bertz CT molecular complexity index is 367. The van der Waals surface area contributed by atoms with Crippen LogP contribution in [0.5, 0.6) is 0 Å². The molecule has 0 radical (unpaired) electrons. The van der Waals surface area contributed by atoms with Gasteiger partial charge in [0, 0.05) is 52.4 Å². The second-order valence-electron chi connectivity index (χ2n) is 5.70. The normalized spacial score (nSPS) is 17.5. The Balaban J connectivity index is 0.00000101. The van der Waals surface area contributed by atoms with Gasteiger partial charge in [-0.1, -0.05) is 0 Å². The van der Waals surface area contributed by atoms with Crippen LogP contribution in [0.1, 0.15) is 0 Å². The van der Waals surface area contributed by atoms with E-state index in [9.17, 15) is 14.4 Å². The van der Waals surface area contributed by atoms with Gasteiger partial charge >= 0.3 is 11.9 Å². The summed E-state index contributed by atoms with van der Waals surface area (Å²) >= 11 is 0. The third-order valence-electron chi connectivity index (χ3n) is 3.64. The number of likely N-dealkylation sites (N-methyl/N-ethyl adjacent to an activating group) is 1. The zero-order chi connectivity index (χ0) is 19.1. The van der Waals surface area contributed by atoms with Crippen LogP contribution in [0.4, 0.5) is 0 Å². The van der Waals surface area contributed by atoms with Crippen molar-refractivity contribution in [1.82, 2.24) is 20.0 Å². The van der Waals surface area contributed by atoms with Crippen molar-refractivity contribution in [3.05, 3.63) is 0 Å². The number of rotatable bonds is 8. The van der Waals surface area contributed by atoms with Crippen molar-refractivity contribution in [2.75, 3.05) is 79.0 Å². The minimum atomic E-state index is -0.907. The highest BCUT2D eigenvalue weighted by atomic mass is 16.4. The van der Waals surface area contributed by atoms with Crippen molar-refractivity contribution in [3.8, 4) is 0 Å². The highest BCUT2D eigenvalue weighted by Gasteiger charge is 2.18. The second kappa shape index (κ2) is 14.7. The van der Waals surface area contributed by atoms with Crippen LogP contribution in [0.25, 0.3) is 0 Å². The van der Waals surface area contributed by atoms with Crippen LogP contribution in [0, 0.1) is 0 Å². The Morgan fingerprint density at radius 1 is 0.960 bits per heavy atom. The molecule has 0 amide bonds. The summed E-state index contributed by atoms with van der Waals surface area (Å²) in [5.41, 5.74) is 5.08. The molecule has 1 rings (SSSR count). The molecule has 5 N–H and O–H groups in total. The molecule has 0 aliphatic carbocycles. The van der Waals surface area contributed by atoms with Crippen molar-refractivity contribution in [2.24, 2.45) is 5.73 Å². The lowest BCUT2D eigenvalue weighted by molar-refractivity contribution is -0.140. The first-order valence-corrected chi connectivity index (χ1v) is 8.31. The number of carbonyl (C=O) groups excluding carboxylic acids is 1. The Labute approximate surface area is 148 Å². The molecular formula is C15H31N5O5. The summed E-state index contributed by atoms with van der Waals surface area (Å²) in [6.07, 6.45) is 0.807. The summed E-state index contributed by atoms with van der Waals surface area (Å²) in [6, 6.07) is 0. The van der Waals surface area contributed by atoms with Gasteiger partial charge in [0.1, 0.15) is 6.29 Å². The molecule has 0 bridgehead atoms. The maximum absolute atomic E-state index is 10.8. The van der Waals surface area contributed by atoms with Gasteiger partial charge in [-0.3, -0.25) is 24.3 Å². The number of carbonyl (C=O) groups is 3. The van der Waals surface area contributed by atoms with Gasteiger partial charge in [-0.2, -0.15) is 0 Å². The molecule has 1 aliphatic heterocycles. The van der Waals surface area contributed by atoms with E-state index in [-0.39, 0.29) is 19.6 Å². The van der Waals surface area contributed by atoms with Gasteiger partial charge in [-0.25, -0.2) is 0 Å². The van der Waals surface area contributed by atoms with Crippen molar-refractivity contribution >= 4 is 18.2 Å². The minimum absolute atomic E-state index is 0.0736. The third-order valence-corrected chi connectivity index (χ3v) is 3.64. The largest absolute Gasteiger partial charge is 0.480 e. The maximum Gasteiger partial charge on any atom is 0.317 e. The Hall–Kier alpha value is -1.59. The molecule has 10 heteroatoms. The number of aliphatic carboxylic acids is 2. The fraction of sp³-hybridized carbons (Fsp3) is 0.800. The summed E-state index contributed by atoms with van der Waals surface area (Å²) in [7, 11) is 1.88. The number of nitrogens with two attached hydrogens (primary N) is 1. The van der Waals surface area contributed by atoms with Gasteiger partial charge in [0.25, 0.3) is 0 Å². The number of aldehydes is 1. The van der Waals surface area contributed by atoms with Crippen LogP contribution in [0.2, 0.25) is 0 Å². The number of hydrogen-bond donors (Lipinski definition) is 4. The summed E-state index contributed by atoms with van der Waals surface area (Å²) in [5.74, 6) is -1.81. The van der Waals surface area contributed by atoms with Crippen LogP contribution in [-0.2, 0) is 14.4 Å². The predicted molar refractivity (Wildman–Crippen MR) is 93.6 cm³/mol. The minimum Gasteiger partial charge on any atom is -0.480 e. The van der Waals surface area contributed by atoms with E-state index in [2.05, 4.69) is 5.32 Å². The summed E-state index contributed by atoms with van der Waals surface area (Å²) in [5, 5.41) is 20.6. The lowest BCUT2D eigenvalue weighted by Crippen LogP contribution is -2.40. The number of carboxylic acids is 2. The Morgan fingerprint density at radius 3 is 1.60 bits per heavy atom. The molecule has 0 aromatic carbocycles. The zero-order valence-electron chi connectivity index (χ0n) is 14.9. The van der Waals surface area contributed by atoms with Crippen LogP contribution in [0.15, 0.2) is 0 Å². The SMILES string of the molecule is CNCCN.O=CCN1CCN(CC(=O)O)CCN(CC(=O)O)CC1. The number of nitrogens with one attached hydrogen (secondary N) is 1. The number of carboxylic acid groups (broad SMARTS) is 2. The molecule has 1 aliphatic rings. The Kier molecular flexibility index (Phi) is 13.8. The topological polar surface area (TPSA) is 139 Å². The first-order valence-electron chi connectivity index (χ1n) is 8.31. The third kappa shape index (κ3) is 13.4. The van der Waals surface area contributed by atoms with Crippen molar-refractivity contribution in [3.63, 3.8) is 0 Å². The molecule has 0 aromatic heterocycles. The smallest absolute Gasteiger partial charge is 0.317 e. The molecule has 146 valence electrons. The number of nitrogens with zero attached hydrogens (tertiary/aromatic N) is 3. The van der Waals surface area contributed by atoms with Crippen molar-refractivity contribution in [2.45, 2.75) is 0 Å². The van der Waals surface area contributed by atoms with E-state index < -0.39 is 11.9 Å². The van der Waals surface area contributed by atoms with Crippen molar-refractivity contribution in [1.29, 1.82) is 0 Å². The summed E-state index contributed by atoms with van der Waals surface area (Å²) < 4.78 is 0. The van der Waals surface area contributed by atoms with Crippen LogP contribution in [-0.4, -0.2) is 122 Å². The fourth-order valence-corrected chi connectivity index (χ4v) is 2.32. The van der Waals surface area contributed by atoms with E-state index in [0.717, 1.165) is 19.4 Å². The van der Waals surface area contributed by atoms with E-state index in [4.69, 9.17) is 15.9 Å². The average molecular weight is 361 g/mol. The monoisotopic (exact) mass is 361 g/mol. The van der Waals surface area contributed by atoms with Crippen LogP contribution >= 0.6 is 0 Å². The van der Waals surface area contributed by atoms with E-state index in [0.29, 0.717) is 39.3 Å². The standard InChI is InChI=1S/C12H21N3O5.C3H10N2/c16-8-7-13-1-3-14(9-11(17)18)5-6-15(4-2-13)10-12(19)20;1-5-3-2-4/h8H,1-7,9-10H2,(H,17,18)(H,19,20);5H,2-4H2,1H3. The first-order chi connectivity index (χ1) is 11.9. The maximum atomic E-state index is 10.8. The van der Waals surface area contributed by atoms with E-state index in [1.807, 2.05) is 11.9 Å². The molecule has 0 atom stereocenters. The van der Waals surface area contributed by atoms with Gasteiger partial charge < -0.3 is 26.1 Å². The van der Waals surface area contributed by atoms with Gasteiger partial charge in [0.05, 0.1) is 19.6 Å². The molecule has 0 saturated carbocycles. The van der Waals surface area contributed by atoms with E-state index >= 15 is 0 Å². The van der Waals surface area contributed by atoms with Crippen molar-refractivity contribution < 1.29 is 24.6 Å². The molecule has 1 saturated heterocycles. The zero-order valence-corrected chi connectivity index (χ0v) is 14.9. The van der Waals surface area contributed by atoms with Gasteiger partial charge in [-0.05, 0) is 7.05 Å². The quantitative estimate of drug-likeness (QED) is 0.341. The highest BCUT2D eigenvalue weighted by Crippen LogP contribution is 2.00. The lowest BCUT2D eigenvalue weighted by Gasteiger charge is -2.23. The lowest BCUT2D eigenvalue weighted by atomic mass is 10.4. The predicted octanol–water partition coefficient (Wildman–Crippen LogP) is -2.56. The highest BCUT2D eigenvalue weighted by molar-refractivity contribution is 5.69. The summed E-state index contributed by atoms with van der Waals surface area (Å²) in [4.78, 5) is 37.6. The van der Waals surface area contributed by atoms with E-state index in [1.165, 1.54) is 0 Å². The van der Waals surface area contributed by atoms with Gasteiger partial charge in [-0.15, -0.1) is 0 Å². The van der Waals surface area contributed by atoms with E-state index in [1.54, 1.807) is 9.80 Å². The second-order valence-corrected chi connectivity index (χ2v) is 5.70. The molecule has 0 spiro atoms. The first kappa shape index (κ1) is 23.4. The molecule has 10 nitrogen and oxygen atoms in total. The molecule has 25 heavy (non-hydrogen) atoms.